The number of carbonyl (C=O) groups excluding carboxylic acids is 6. The summed E-state index contributed by atoms with van der Waals surface area (Å²) in [5.74, 6) is -4.16. The predicted octanol–water partition coefficient (Wildman–Crippen LogP) is 9.69. The molecular weight excluding hydrogens is 1710 g/mol. The molecule has 6 aromatic rings. The van der Waals surface area contributed by atoms with Crippen LogP contribution >= 0.6 is 36.4 Å². The van der Waals surface area contributed by atoms with Crippen molar-refractivity contribution in [1.29, 1.82) is 0 Å². The molecule has 3 radical (unpaired) electrons. The number of nitrogens with zero attached hydrogens (tertiary/aromatic N) is 6. The van der Waals surface area contributed by atoms with E-state index in [1.807, 2.05) is 6.92 Å². The third-order valence-electron chi connectivity index (χ3n) is 10.6. The van der Waals surface area contributed by atoms with E-state index in [9.17, 15) is 41.9 Å². The second-order valence-electron chi connectivity index (χ2n) is 15.7. The zero-order valence-electron chi connectivity index (χ0n) is 40.3. The quantitative estimate of drug-likeness (QED) is 0.0762. The van der Waals surface area contributed by atoms with E-state index in [2.05, 4.69) is 30.9 Å². The first kappa shape index (κ1) is 67.7. The molecule has 6 heterocycles. The molecule has 0 unspecified atom stereocenters. The number of amides is 6. The molecule has 0 saturated carbocycles. The standard InChI is InChI=1S/C17H16FN4O3.C16H13ClFN4O3.C14H12FN4O3S.3Ac.H2S/c1-10-2-3-11(8-20-10)21-16(23)14-5-4-12(6-15(14)18)22-9-13(7-19)25-17(22)24;17-14-4-1-9(7-20-14)21-15(23)12-3-2-10(5-13(12)18)22-8-11(6-19)25-16(22)24;15-11-5-8(19-7-9(6-16)22-14(19)21)1-2-10(11)12(20)18-13-17-3-4-23-13;;;;/h2-6,8,13,19H,7,9H2,1H3,(H,21,23);1-5,7,11,19H,6,8H2,(H,21,23);1-5,9,16H,6-7H2,(H,17,18,20);;;;1H2/q3*-1;;;;/t13-;11-;9-;;;;/m000..../s1. The Morgan fingerprint density at radius 2 is 0.974 bits per heavy atom. The van der Waals surface area contributed by atoms with Crippen LogP contribution in [0.4, 0.5) is 61.1 Å². The normalized spacial score (nSPS) is 16.0. The summed E-state index contributed by atoms with van der Waals surface area (Å²) in [4.78, 5) is 87.1. The van der Waals surface area contributed by atoms with Crippen molar-refractivity contribution in [1.82, 2.24) is 15.0 Å². The number of carbonyl (C=O) groups is 6. The number of rotatable bonds is 12. The van der Waals surface area contributed by atoms with Gasteiger partial charge in [-0.2, -0.15) is 13.5 Å². The van der Waals surface area contributed by atoms with Gasteiger partial charge in [-0.3, -0.25) is 39.4 Å². The summed E-state index contributed by atoms with van der Waals surface area (Å²) in [5, 5.41) is 9.91. The van der Waals surface area contributed by atoms with Crippen molar-refractivity contribution in [2.24, 2.45) is 0 Å². The van der Waals surface area contributed by atoms with E-state index < -0.39 is 71.8 Å². The van der Waals surface area contributed by atoms with Gasteiger partial charge in [0, 0.05) is 149 Å². The SMILES string of the molecule is Cc1ccc(NC(=O)c2ccc(N3C[C@H](C[NH-])OC3=O)cc2F)cn1.S.[Ac].[Ac].[Ac].[NH-]C[C@H]1CN(c2ccc(C(=O)Nc3ccc(Cl)nc3)c(F)c2)C(=O)O1.[NH-]C[C@H]1CN(c2ccc(C(=O)Nc3nccs3)c(F)c2)C(=O)O1. The van der Waals surface area contributed by atoms with E-state index >= 15 is 0 Å². The van der Waals surface area contributed by atoms with Gasteiger partial charge in [-0.25, -0.2) is 37.5 Å². The first-order valence-electron chi connectivity index (χ1n) is 21.7. The zero-order chi connectivity index (χ0) is 52.3. The van der Waals surface area contributed by atoms with Crippen LogP contribution in [0.3, 0.4) is 0 Å². The van der Waals surface area contributed by atoms with Crippen LogP contribution in [0.5, 0.6) is 0 Å². The monoisotopic (exact) mass is 1760 g/mol. The van der Waals surface area contributed by atoms with Crippen molar-refractivity contribution < 1.29 is 188 Å². The van der Waals surface area contributed by atoms with Crippen LogP contribution in [-0.4, -0.2) is 109 Å². The van der Waals surface area contributed by atoms with Crippen molar-refractivity contribution >= 4 is 106 Å². The average molecular weight is 1760 g/mol. The van der Waals surface area contributed by atoms with Crippen molar-refractivity contribution in [3.63, 3.8) is 0 Å². The first-order chi connectivity index (χ1) is 35.0. The van der Waals surface area contributed by atoms with Gasteiger partial charge >= 0.3 is 18.3 Å². The van der Waals surface area contributed by atoms with Crippen molar-refractivity contribution in [3.8, 4) is 0 Å². The minimum atomic E-state index is -0.779. The van der Waals surface area contributed by atoms with Crippen LogP contribution in [0.15, 0.2) is 103 Å². The van der Waals surface area contributed by atoms with Gasteiger partial charge in [-0.05, 0) is 85.8 Å². The fourth-order valence-corrected chi connectivity index (χ4v) is 7.56. The summed E-state index contributed by atoms with van der Waals surface area (Å²) < 4.78 is 57.7. The minimum absolute atomic E-state index is 0. The number of aryl methyl sites for hydroxylation is 1. The number of hydrogen-bond acceptors (Lipinski definition) is 13. The molecule has 3 aliphatic heterocycles. The first-order valence-corrected chi connectivity index (χ1v) is 22.9. The molecule has 3 aromatic carbocycles. The van der Waals surface area contributed by atoms with Crippen LogP contribution in [0.2, 0.25) is 5.15 Å². The fraction of sp³-hybridized carbons (Fsp3) is 0.213. The third-order valence-corrected chi connectivity index (χ3v) is 11.6. The molecule has 0 aliphatic carbocycles. The van der Waals surface area contributed by atoms with E-state index in [0.29, 0.717) is 16.5 Å². The van der Waals surface area contributed by atoms with Gasteiger partial charge in [0.2, 0.25) is 0 Å². The molecule has 3 aromatic heterocycles. The van der Waals surface area contributed by atoms with Gasteiger partial charge < -0.3 is 42.0 Å². The van der Waals surface area contributed by atoms with E-state index in [-0.39, 0.29) is 224 Å². The summed E-state index contributed by atoms with van der Waals surface area (Å²) in [6, 6.07) is 18.0. The molecule has 9 rings (SSSR count). The van der Waals surface area contributed by atoms with E-state index in [4.69, 9.17) is 43.0 Å². The van der Waals surface area contributed by atoms with Crippen LogP contribution in [-0.2, 0) is 14.2 Å². The van der Waals surface area contributed by atoms with E-state index in [1.165, 1.54) is 87.1 Å². The number of pyridine rings is 2. The van der Waals surface area contributed by atoms with Gasteiger partial charge in [0.25, 0.3) is 17.7 Å². The molecular formula is C47H43Ac3ClF3N12O9S2-3. The van der Waals surface area contributed by atoms with E-state index in [0.717, 1.165) is 23.9 Å². The molecule has 3 aliphatic rings. The van der Waals surface area contributed by atoms with Gasteiger partial charge in [0.05, 0.1) is 77.2 Å². The Balaban J connectivity index is 0.000000297. The summed E-state index contributed by atoms with van der Waals surface area (Å²) >= 11 is 6.89. The van der Waals surface area contributed by atoms with E-state index in [1.54, 1.807) is 23.6 Å². The van der Waals surface area contributed by atoms with Crippen molar-refractivity contribution in [3.05, 3.63) is 165 Å². The van der Waals surface area contributed by atoms with Crippen LogP contribution in [0.1, 0.15) is 36.8 Å². The number of thiazole rings is 1. The number of halogens is 4. The minimum Gasteiger partial charge on any atom is -0.674 e. The molecule has 77 heavy (non-hydrogen) atoms. The number of ether oxygens (including phenoxy) is 3. The average Bonchev–Trinajstić information content (AvgIpc) is 4.20. The number of cyclic esters (lactones) is 3. The second kappa shape index (κ2) is 32.0. The van der Waals surface area contributed by atoms with Gasteiger partial charge in [0.15, 0.2) is 5.13 Å². The Morgan fingerprint density at radius 3 is 1.27 bits per heavy atom. The Bertz CT molecular complexity index is 2890. The van der Waals surface area contributed by atoms with Crippen molar-refractivity contribution in [2.45, 2.75) is 25.2 Å². The van der Waals surface area contributed by atoms with Gasteiger partial charge in [0.1, 0.15) is 40.9 Å². The molecule has 397 valence electrons. The van der Waals surface area contributed by atoms with Gasteiger partial charge in [-0.15, -0.1) is 31.0 Å². The van der Waals surface area contributed by atoms with Crippen LogP contribution in [0.25, 0.3) is 17.2 Å². The molecule has 3 atom stereocenters. The molecule has 6 amide bonds. The zero-order valence-corrected chi connectivity index (χ0v) is 57.1. The number of anilines is 6. The molecule has 3 fully saturated rings. The number of hydrogen-bond donors (Lipinski definition) is 3. The Morgan fingerprint density at radius 1 is 0.597 bits per heavy atom. The van der Waals surface area contributed by atoms with Gasteiger partial charge in [-0.1, -0.05) is 11.6 Å². The predicted molar refractivity (Wildman–Crippen MR) is 274 cm³/mol. The summed E-state index contributed by atoms with van der Waals surface area (Å²) in [6.45, 7) is 2.17. The molecule has 21 nitrogen and oxygen atoms in total. The number of benzene rings is 3. The summed E-state index contributed by atoms with van der Waals surface area (Å²) in [7, 11) is 0. The topological polar surface area (TPSA) is 286 Å². The Kier molecular flexibility index (Phi) is 28.2. The van der Waals surface area contributed by atoms with Crippen LogP contribution < -0.4 is 30.7 Å². The molecule has 3 saturated heterocycles. The third kappa shape index (κ3) is 18.2. The maximum atomic E-state index is 14.3. The number of aromatic nitrogens is 3. The molecule has 0 spiro atoms. The maximum Gasteiger partial charge on any atom is 0.414 e. The maximum absolute atomic E-state index is 14.3. The Hall–Kier alpha value is -3.56. The smallest absolute Gasteiger partial charge is 0.414 e. The fourth-order valence-electron chi connectivity index (χ4n) is 6.92. The van der Waals surface area contributed by atoms with Crippen LogP contribution in [0, 0.1) is 157 Å². The van der Waals surface area contributed by atoms with Crippen molar-refractivity contribution in [2.75, 3.05) is 69.9 Å². The molecule has 30 heteroatoms. The number of nitrogens with one attached hydrogen (secondary N) is 6. The summed E-state index contributed by atoms with van der Waals surface area (Å²) in [5.41, 5.74) is 23.7. The molecule has 6 N–H and O–H groups in total. The second-order valence-corrected chi connectivity index (χ2v) is 17.0. The Labute approximate surface area is 561 Å². The largest absolute Gasteiger partial charge is 0.674 e. The summed E-state index contributed by atoms with van der Waals surface area (Å²) in [6.07, 6.45) is 0.875. The molecule has 0 bridgehead atoms.